The number of hydrogen-bond donors (Lipinski definition) is 1. The van der Waals surface area contributed by atoms with Crippen molar-refractivity contribution in [1.82, 2.24) is 5.43 Å². The lowest BCUT2D eigenvalue weighted by molar-refractivity contribution is 0.0955. The van der Waals surface area contributed by atoms with E-state index in [1.54, 1.807) is 43.7 Å². The molecule has 166 valence electrons. The van der Waals surface area contributed by atoms with Crippen molar-refractivity contribution in [3.63, 3.8) is 0 Å². The van der Waals surface area contributed by atoms with Crippen molar-refractivity contribution in [2.24, 2.45) is 5.10 Å². The van der Waals surface area contributed by atoms with Crippen molar-refractivity contribution in [1.29, 1.82) is 0 Å². The molecular formula is C24H22ClIN2O4. The molecule has 8 heteroatoms. The summed E-state index contributed by atoms with van der Waals surface area (Å²) in [6.45, 7) is 2.86. The van der Waals surface area contributed by atoms with Crippen molar-refractivity contribution in [2.75, 3.05) is 13.7 Å². The van der Waals surface area contributed by atoms with Gasteiger partial charge in [0.2, 0.25) is 0 Å². The zero-order valence-electron chi connectivity index (χ0n) is 17.6. The van der Waals surface area contributed by atoms with Crippen molar-refractivity contribution < 1.29 is 19.0 Å². The van der Waals surface area contributed by atoms with Gasteiger partial charge in [-0.25, -0.2) is 5.43 Å². The molecule has 0 aliphatic rings. The Kier molecular flexibility index (Phi) is 8.75. The van der Waals surface area contributed by atoms with Crippen LogP contribution in [0, 0.1) is 3.57 Å². The molecule has 0 fully saturated rings. The predicted octanol–water partition coefficient (Wildman–Crippen LogP) is 5.69. The van der Waals surface area contributed by atoms with Crippen LogP contribution in [0.1, 0.15) is 28.4 Å². The molecule has 0 aromatic heterocycles. The molecule has 1 N–H and O–H groups in total. The lowest BCUT2D eigenvalue weighted by Gasteiger charge is -2.13. The fourth-order valence-corrected chi connectivity index (χ4v) is 3.70. The minimum atomic E-state index is -0.311. The maximum absolute atomic E-state index is 12.3. The van der Waals surface area contributed by atoms with Crippen LogP contribution >= 0.6 is 34.2 Å². The third-order valence-electron chi connectivity index (χ3n) is 4.36. The number of methoxy groups -OCH3 is 1. The molecule has 0 spiro atoms. The summed E-state index contributed by atoms with van der Waals surface area (Å²) in [5.41, 5.74) is 4.77. The van der Waals surface area contributed by atoms with Gasteiger partial charge >= 0.3 is 0 Å². The van der Waals surface area contributed by atoms with E-state index >= 15 is 0 Å². The highest BCUT2D eigenvalue weighted by molar-refractivity contribution is 14.1. The zero-order valence-corrected chi connectivity index (χ0v) is 20.5. The first-order chi connectivity index (χ1) is 15.5. The van der Waals surface area contributed by atoms with E-state index in [0.29, 0.717) is 41.0 Å². The SMILES string of the molecule is CCOc1ccc(C(=O)N/N=C/c2cc(I)c(OCc3ccc(Cl)cc3)c(OC)c2)cc1. The molecule has 0 bridgehead atoms. The molecule has 1 amide bonds. The van der Waals surface area contributed by atoms with Gasteiger partial charge in [-0.2, -0.15) is 5.10 Å². The highest BCUT2D eigenvalue weighted by Crippen LogP contribution is 2.34. The van der Waals surface area contributed by atoms with Gasteiger partial charge in [-0.15, -0.1) is 0 Å². The van der Waals surface area contributed by atoms with Gasteiger partial charge in [-0.05, 0) is 89.2 Å². The maximum Gasteiger partial charge on any atom is 0.271 e. The molecule has 0 aliphatic heterocycles. The van der Waals surface area contributed by atoms with Crippen molar-refractivity contribution in [2.45, 2.75) is 13.5 Å². The number of benzene rings is 3. The van der Waals surface area contributed by atoms with Crippen LogP contribution in [-0.4, -0.2) is 25.8 Å². The maximum atomic E-state index is 12.3. The number of amides is 1. The van der Waals surface area contributed by atoms with Gasteiger partial charge in [-0.1, -0.05) is 23.7 Å². The summed E-state index contributed by atoms with van der Waals surface area (Å²) >= 11 is 8.11. The van der Waals surface area contributed by atoms with E-state index in [4.69, 9.17) is 25.8 Å². The number of ether oxygens (including phenoxy) is 3. The van der Waals surface area contributed by atoms with Crippen LogP contribution in [0.2, 0.25) is 5.02 Å². The normalized spacial score (nSPS) is 10.8. The molecule has 3 aromatic carbocycles. The predicted molar refractivity (Wildman–Crippen MR) is 134 cm³/mol. The van der Waals surface area contributed by atoms with Crippen LogP contribution in [0.15, 0.2) is 65.8 Å². The molecule has 3 rings (SSSR count). The van der Waals surface area contributed by atoms with E-state index in [9.17, 15) is 4.79 Å². The number of carbonyl (C=O) groups excluding carboxylic acids is 1. The minimum absolute atomic E-state index is 0.311. The molecule has 0 aliphatic carbocycles. The third-order valence-corrected chi connectivity index (χ3v) is 5.41. The summed E-state index contributed by atoms with van der Waals surface area (Å²) < 4.78 is 17.7. The first-order valence-electron chi connectivity index (χ1n) is 9.81. The van der Waals surface area contributed by atoms with E-state index in [1.807, 2.05) is 37.3 Å². The molecule has 3 aromatic rings. The first kappa shape index (κ1) is 23.9. The quantitative estimate of drug-likeness (QED) is 0.206. The summed E-state index contributed by atoms with van der Waals surface area (Å²) in [6, 6.07) is 18.0. The van der Waals surface area contributed by atoms with Crippen LogP contribution in [0.4, 0.5) is 0 Å². The van der Waals surface area contributed by atoms with E-state index < -0.39 is 0 Å². The van der Waals surface area contributed by atoms with Crippen molar-refractivity contribution in [3.8, 4) is 17.2 Å². The Morgan fingerprint density at radius 1 is 1.09 bits per heavy atom. The van der Waals surface area contributed by atoms with Crippen LogP contribution in [-0.2, 0) is 6.61 Å². The topological polar surface area (TPSA) is 69.2 Å². The number of nitrogens with one attached hydrogen (secondary N) is 1. The summed E-state index contributed by atoms with van der Waals surface area (Å²) in [7, 11) is 1.58. The summed E-state index contributed by atoms with van der Waals surface area (Å²) in [5, 5.41) is 4.74. The Hall–Kier alpha value is -2.78. The van der Waals surface area contributed by atoms with Gasteiger partial charge in [0.05, 0.1) is 23.5 Å². The third kappa shape index (κ3) is 6.61. The average molecular weight is 565 g/mol. The first-order valence-corrected chi connectivity index (χ1v) is 11.3. The largest absolute Gasteiger partial charge is 0.494 e. The molecule has 0 saturated heterocycles. The Bertz CT molecular complexity index is 1090. The van der Waals surface area contributed by atoms with E-state index in [1.165, 1.54) is 0 Å². The molecule has 0 radical (unpaired) electrons. The van der Waals surface area contributed by atoms with E-state index in [-0.39, 0.29) is 5.91 Å². The lowest BCUT2D eigenvalue weighted by Crippen LogP contribution is -2.17. The van der Waals surface area contributed by atoms with Crippen LogP contribution in [0.3, 0.4) is 0 Å². The average Bonchev–Trinajstić information content (AvgIpc) is 2.80. The monoisotopic (exact) mass is 564 g/mol. The zero-order chi connectivity index (χ0) is 22.9. The summed E-state index contributed by atoms with van der Waals surface area (Å²) in [4.78, 5) is 12.3. The second kappa shape index (κ2) is 11.7. The van der Waals surface area contributed by atoms with Crippen LogP contribution in [0.25, 0.3) is 0 Å². The number of hydrazone groups is 1. The molecule has 0 atom stereocenters. The molecule has 32 heavy (non-hydrogen) atoms. The highest BCUT2D eigenvalue weighted by Gasteiger charge is 2.12. The van der Waals surface area contributed by atoms with Gasteiger partial charge in [0.15, 0.2) is 11.5 Å². The smallest absolute Gasteiger partial charge is 0.271 e. The Labute approximate surface area is 205 Å². The highest BCUT2D eigenvalue weighted by atomic mass is 127. The lowest BCUT2D eigenvalue weighted by atomic mass is 10.2. The van der Waals surface area contributed by atoms with Crippen LogP contribution in [0.5, 0.6) is 17.2 Å². The number of hydrogen-bond acceptors (Lipinski definition) is 5. The summed E-state index contributed by atoms with van der Waals surface area (Å²) in [5.74, 6) is 1.62. The molecule has 6 nitrogen and oxygen atoms in total. The second-order valence-corrected chi connectivity index (χ2v) is 8.20. The van der Waals surface area contributed by atoms with Gasteiger partial charge in [0, 0.05) is 10.6 Å². The number of nitrogens with zero attached hydrogens (tertiary/aromatic N) is 1. The van der Waals surface area contributed by atoms with Gasteiger partial charge < -0.3 is 14.2 Å². The molecule has 0 saturated carbocycles. The van der Waals surface area contributed by atoms with E-state index in [2.05, 4.69) is 33.1 Å². The fraction of sp³-hybridized carbons (Fsp3) is 0.167. The molecule has 0 unspecified atom stereocenters. The molecule has 0 heterocycles. The molecular weight excluding hydrogens is 543 g/mol. The number of rotatable bonds is 9. The van der Waals surface area contributed by atoms with Crippen molar-refractivity contribution in [3.05, 3.63) is 85.9 Å². The summed E-state index contributed by atoms with van der Waals surface area (Å²) in [6.07, 6.45) is 1.56. The second-order valence-electron chi connectivity index (χ2n) is 6.61. The Balaban J connectivity index is 1.64. The van der Waals surface area contributed by atoms with E-state index in [0.717, 1.165) is 14.7 Å². The number of carbonyl (C=O) groups is 1. The Morgan fingerprint density at radius 2 is 1.81 bits per heavy atom. The minimum Gasteiger partial charge on any atom is -0.494 e. The van der Waals surface area contributed by atoms with Crippen molar-refractivity contribution >= 4 is 46.3 Å². The fourth-order valence-electron chi connectivity index (χ4n) is 2.79. The van der Waals surface area contributed by atoms with Gasteiger partial charge in [0.25, 0.3) is 5.91 Å². The number of halogens is 2. The van der Waals surface area contributed by atoms with Crippen LogP contribution < -0.4 is 19.6 Å². The van der Waals surface area contributed by atoms with Gasteiger partial charge in [0.1, 0.15) is 12.4 Å². The van der Waals surface area contributed by atoms with Gasteiger partial charge in [-0.3, -0.25) is 4.79 Å². The standard InChI is InChI=1S/C24H22ClIN2O4/c1-3-31-20-10-6-18(7-11-20)24(29)28-27-14-17-12-21(26)23(22(13-17)30-2)32-15-16-4-8-19(25)9-5-16/h4-14H,3,15H2,1-2H3,(H,28,29)/b27-14+. The Morgan fingerprint density at radius 3 is 2.47 bits per heavy atom.